The first-order chi connectivity index (χ1) is 18.1. The molecule has 9 nitrogen and oxygen atoms in total. The number of H-pyrrole nitrogens is 1. The third kappa shape index (κ3) is 4.99. The van der Waals surface area contributed by atoms with Crippen molar-refractivity contribution in [1.29, 1.82) is 0 Å². The Morgan fingerprint density at radius 1 is 1.03 bits per heavy atom. The van der Waals surface area contributed by atoms with E-state index in [0.29, 0.717) is 31.0 Å². The average molecular weight is 499 g/mol. The Hall–Kier alpha value is -3.98. The van der Waals surface area contributed by atoms with E-state index in [1.54, 1.807) is 17.1 Å². The largest absolute Gasteiger partial charge is 0.381 e. The third-order valence-electron chi connectivity index (χ3n) is 7.32. The number of para-hydroxylation sites is 2. The molecule has 0 saturated carbocycles. The van der Waals surface area contributed by atoms with Gasteiger partial charge in [-0.2, -0.15) is 5.10 Å². The van der Waals surface area contributed by atoms with E-state index in [0.717, 1.165) is 54.8 Å². The van der Waals surface area contributed by atoms with Gasteiger partial charge in [-0.05, 0) is 62.1 Å². The molecule has 0 spiro atoms. The lowest BCUT2D eigenvalue weighted by molar-refractivity contribution is -0.122. The van der Waals surface area contributed by atoms with Crippen LogP contribution in [0.15, 0.2) is 60.9 Å². The Bertz CT molecular complexity index is 1370. The van der Waals surface area contributed by atoms with Gasteiger partial charge in [-0.3, -0.25) is 9.59 Å². The smallest absolute Gasteiger partial charge is 0.253 e. The molecular formula is C28H30N6O3. The highest BCUT2D eigenvalue weighted by molar-refractivity contribution is 5.94. The van der Waals surface area contributed by atoms with Crippen molar-refractivity contribution in [3.8, 4) is 5.69 Å². The van der Waals surface area contributed by atoms with Gasteiger partial charge in [0, 0.05) is 43.7 Å². The number of hydrogen-bond donors (Lipinski definition) is 2. The first kappa shape index (κ1) is 23.4. The van der Waals surface area contributed by atoms with Crippen molar-refractivity contribution in [2.24, 2.45) is 5.92 Å². The number of piperidine rings is 1. The van der Waals surface area contributed by atoms with Gasteiger partial charge in [0.25, 0.3) is 5.91 Å². The molecule has 0 unspecified atom stereocenters. The summed E-state index contributed by atoms with van der Waals surface area (Å²) in [5, 5.41) is 7.34. The highest BCUT2D eigenvalue weighted by atomic mass is 16.5. The fraction of sp³-hybridized carbons (Fsp3) is 0.357. The molecule has 2 amide bonds. The standard InChI is InChI=1S/C28H30N6O3/c35-27(19-11-14-37-15-12-19)30-22-16-29-34(18-22)23-9-7-20(8-10-23)28(36)33-13-3-4-21(17-33)26-31-24-5-1-2-6-25(24)32-26/h1-2,5-10,16,18-19,21H,3-4,11-15,17H2,(H,30,35)(H,31,32)/t21-/m0/s1. The van der Waals surface area contributed by atoms with Crippen LogP contribution in [0.25, 0.3) is 16.7 Å². The summed E-state index contributed by atoms with van der Waals surface area (Å²) in [4.78, 5) is 35.9. The van der Waals surface area contributed by atoms with Crippen LogP contribution in [0.1, 0.15) is 47.8 Å². The number of likely N-dealkylation sites (tertiary alicyclic amines) is 1. The second-order valence-electron chi connectivity index (χ2n) is 9.83. The van der Waals surface area contributed by atoms with Crippen LogP contribution in [0, 0.1) is 5.92 Å². The van der Waals surface area contributed by atoms with Crippen LogP contribution in [0.5, 0.6) is 0 Å². The minimum Gasteiger partial charge on any atom is -0.381 e. The number of aromatic amines is 1. The summed E-state index contributed by atoms with van der Waals surface area (Å²) < 4.78 is 7.04. The van der Waals surface area contributed by atoms with Crippen molar-refractivity contribution in [1.82, 2.24) is 24.6 Å². The molecule has 0 aliphatic carbocycles. The molecule has 2 saturated heterocycles. The molecule has 6 rings (SSSR count). The molecule has 0 radical (unpaired) electrons. The molecule has 190 valence electrons. The van der Waals surface area contributed by atoms with E-state index in [2.05, 4.69) is 15.4 Å². The van der Waals surface area contributed by atoms with E-state index in [4.69, 9.17) is 9.72 Å². The molecule has 2 fully saturated rings. The second kappa shape index (κ2) is 10.2. The molecule has 4 aromatic rings. The predicted octanol–water partition coefficient (Wildman–Crippen LogP) is 4.13. The second-order valence-corrected chi connectivity index (χ2v) is 9.83. The first-order valence-corrected chi connectivity index (χ1v) is 12.9. The molecule has 2 aromatic carbocycles. The number of carbonyl (C=O) groups is 2. The zero-order chi connectivity index (χ0) is 25.2. The van der Waals surface area contributed by atoms with E-state index in [1.165, 1.54) is 0 Å². The summed E-state index contributed by atoms with van der Waals surface area (Å²) >= 11 is 0. The molecular weight excluding hydrogens is 468 g/mol. The molecule has 1 atom stereocenters. The number of ether oxygens (including phenoxy) is 1. The van der Waals surface area contributed by atoms with Crippen molar-refractivity contribution < 1.29 is 14.3 Å². The quantitative estimate of drug-likeness (QED) is 0.430. The number of nitrogens with one attached hydrogen (secondary N) is 2. The topological polar surface area (TPSA) is 105 Å². The van der Waals surface area contributed by atoms with Crippen molar-refractivity contribution in [2.75, 3.05) is 31.6 Å². The third-order valence-corrected chi connectivity index (χ3v) is 7.32. The molecule has 2 N–H and O–H groups in total. The zero-order valence-corrected chi connectivity index (χ0v) is 20.6. The zero-order valence-electron chi connectivity index (χ0n) is 20.6. The van der Waals surface area contributed by atoms with Crippen molar-refractivity contribution >= 4 is 28.5 Å². The Kier molecular flexibility index (Phi) is 6.44. The van der Waals surface area contributed by atoms with Crippen molar-refractivity contribution in [3.63, 3.8) is 0 Å². The number of aromatic nitrogens is 4. The number of fused-ring (bicyclic) bond motifs is 1. The summed E-state index contributed by atoms with van der Waals surface area (Å²) in [6.45, 7) is 2.64. The van der Waals surface area contributed by atoms with Crippen molar-refractivity contribution in [2.45, 2.75) is 31.6 Å². The molecule has 2 aliphatic rings. The number of hydrogen-bond acceptors (Lipinski definition) is 5. The number of benzene rings is 2. The maximum Gasteiger partial charge on any atom is 0.253 e. The fourth-order valence-corrected chi connectivity index (χ4v) is 5.22. The normalized spacial score (nSPS) is 18.7. The first-order valence-electron chi connectivity index (χ1n) is 12.9. The van der Waals surface area contributed by atoms with Gasteiger partial charge in [-0.15, -0.1) is 0 Å². The summed E-state index contributed by atoms with van der Waals surface area (Å²) in [6, 6.07) is 15.5. The number of imidazole rings is 1. The van der Waals surface area contributed by atoms with Crippen LogP contribution in [0.4, 0.5) is 5.69 Å². The summed E-state index contributed by atoms with van der Waals surface area (Å²) in [7, 11) is 0. The van der Waals surface area contributed by atoms with Gasteiger partial charge < -0.3 is 19.9 Å². The maximum atomic E-state index is 13.3. The van der Waals surface area contributed by atoms with E-state index < -0.39 is 0 Å². The molecule has 2 aromatic heterocycles. The van der Waals surface area contributed by atoms with E-state index in [-0.39, 0.29) is 23.7 Å². The molecule has 4 heterocycles. The fourth-order valence-electron chi connectivity index (χ4n) is 5.22. The number of nitrogens with zero attached hydrogens (tertiary/aromatic N) is 4. The number of carbonyl (C=O) groups excluding carboxylic acids is 2. The lowest BCUT2D eigenvalue weighted by Crippen LogP contribution is -2.39. The molecule has 2 aliphatic heterocycles. The van der Waals surface area contributed by atoms with Crippen LogP contribution in [-0.4, -0.2) is 62.8 Å². The predicted molar refractivity (Wildman–Crippen MR) is 140 cm³/mol. The highest BCUT2D eigenvalue weighted by Gasteiger charge is 2.27. The monoisotopic (exact) mass is 498 g/mol. The van der Waals surface area contributed by atoms with Crippen LogP contribution >= 0.6 is 0 Å². The molecule has 37 heavy (non-hydrogen) atoms. The number of anilines is 1. The van der Waals surface area contributed by atoms with E-state index >= 15 is 0 Å². The summed E-state index contributed by atoms with van der Waals surface area (Å²) in [5.74, 6) is 1.16. The van der Waals surface area contributed by atoms with Crippen LogP contribution in [0.2, 0.25) is 0 Å². The van der Waals surface area contributed by atoms with Gasteiger partial charge in [0.1, 0.15) is 5.82 Å². The highest BCUT2D eigenvalue weighted by Crippen LogP contribution is 2.28. The lowest BCUT2D eigenvalue weighted by atomic mass is 9.96. The van der Waals surface area contributed by atoms with Gasteiger partial charge >= 0.3 is 0 Å². The Balaban J connectivity index is 1.10. The average Bonchev–Trinajstić information content (AvgIpc) is 3.61. The molecule has 9 heteroatoms. The Labute approximate surface area is 214 Å². The minimum atomic E-state index is -0.0244. The van der Waals surface area contributed by atoms with Crippen LogP contribution in [-0.2, 0) is 9.53 Å². The number of amides is 2. The Morgan fingerprint density at radius 3 is 2.65 bits per heavy atom. The molecule has 0 bridgehead atoms. The van der Waals surface area contributed by atoms with Gasteiger partial charge in [0.05, 0.1) is 34.8 Å². The number of rotatable bonds is 5. The van der Waals surface area contributed by atoms with E-state index in [1.807, 2.05) is 53.4 Å². The maximum absolute atomic E-state index is 13.3. The minimum absolute atomic E-state index is 0.00581. The lowest BCUT2D eigenvalue weighted by Gasteiger charge is -2.32. The SMILES string of the molecule is O=C(Nc1cnn(-c2ccc(C(=O)N3CCC[C@H](c4nc5ccccc5[nH]4)C3)cc2)c1)C1CCOCC1. The van der Waals surface area contributed by atoms with Gasteiger partial charge in [0.15, 0.2) is 0 Å². The van der Waals surface area contributed by atoms with Gasteiger partial charge in [-0.25, -0.2) is 9.67 Å². The van der Waals surface area contributed by atoms with Gasteiger partial charge in [0.2, 0.25) is 5.91 Å². The van der Waals surface area contributed by atoms with E-state index in [9.17, 15) is 9.59 Å². The Morgan fingerprint density at radius 2 is 1.84 bits per heavy atom. The van der Waals surface area contributed by atoms with Crippen molar-refractivity contribution in [3.05, 3.63) is 72.3 Å². The van der Waals surface area contributed by atoms with Gasteiger partial charge in [-0.1, -0.05) is 12.1 Å². The summed E-state index contributed by atoms with van der Waals surface area (Å²) in [6.07, 6.45) is 6.87. The summed E-state index contributed by atoms with van der Waals surface area (Å²) in [5.41, 5.74) is 4.11. The van der Waals surface area contributed by atoms with Crippen LogP contribution < -0.4 is 5.32 Å². The van der Waals surface area contributed by atoms with Crippen LogP contribution in [0.3, 0.4) is 0 Å².